The van der Waals surface area contributed by atoms with Crippen molar-refractivity contribution in [2.75, 3.05) is 53.4 Å². The van der Waals surface area contributed by atoms with Crippen LogP contribution in [0.3, 0.4) is 0 Å². The predicted molar refractivity (Wildman–Crippen MR) is 138 cm³/mol. The fraction of sp³-hybridized carbons (Fsp3) is 0.889. The molecule has 0 saturated carbocycles. The normalized spacial score (nSPS) is 25.8. The molecule has 0 radical (unpaired) electrons. The fourth-order valence-electron chi connectivity index (χ4n) is 4.49. The van der Waals surface area contributed by atoms with Gasteiger partial charge >= 0.3 is 5.97 Å². The van der Waals surface area contributed by atoms with Crippen molar-refractivity contribution in [3.8, 4) is 0 Å². The van der Waals surface area contributed by atoms with Crippen molar-refractivity contribution < 1.29 is 19.1 Å². The highest BCUT2D eigenvalue weighted by Crippen LogP contribution is 2.23. The second-order valence-electron chi connectivity index (χ2n) is 10.7. The van der Waals surface area contributed by atoms with E-state index >= 15 is 0 Å². The summed E-state index contributed by atoms with van der Waals surface area (Å²) in [5.41, 5.74) is 0. The number of rotatable bonds is 5. The molecule has 1 heterocycles. The Kier molecular flexibility index (Phi) is 14.6. The Labute approximate surface area is 208 Å². The van der Waals surface area contributed by atoms with Crippen molar-refractivity contribution >= 4 is 17.7 Å². The lowest BCUT2D eigenvalue weighted by Gasteiger charge is -2.29. The summed E-state index contributed by atoms with van der Waals surface area (Å²) < 4.78 is 5.53. The first kappa shape index (κ1) is 30.6. The molecule has 1 amide bonds. The van der Waals surface area contributed by atoms with Gasteiger partial charge in [0, 0.05) is 31.6 Å². The Morgan fingerprint density at radius 3 is 2.44 bits per heavy atom. The summed E-state index contributed by atoms with van der Waals surface area (Å²) in [5, 5.41) is 0. The number of carbonyl (C=O) groups is 3. The Morgan fingerprint density at radius 2 is 1.79 bits per heavy atom. The van der Waals surface area contributed by atoms with Crippen molar-refractivity contribution in [2.45, 2.75) is 85.6 Å². The maximum atomic E-state index is 13.0. The summed E-state index contributed by atoms with van der Waals surface area (Å²) in [6.45, 7) is 14.2. The fourth-order valence-corrected chi connectivity index (χ4v) is 4.49. The molecule has 1 saturated heterocycles. The zero-order valence-corrected chi connectivity index (χ0v) is 23.0. The number of hydrogen-bond donors (Lipinski definition) is 0. The molecule has 1 unspecified atom stereocenters. The molecular weight excluding hydrogens is 430 g/mol. The second-order valence-corrected chi connectivity index (χ2v) is 10.7. The van der Waals surface area contributed by atoms with Crippen LogP contribution in [-0.2, 0) is 19.1 Å². The van der Waals surface area contributed by atoms with E-state index in [2.05, 4.69) is 37.6 Å². The van der Waals surface area contributed by atoms with Gasteiger partial charge < -0.3 is 14.5 Å². The lowest BCUT2D eigenvalue weighted by Crippen LogP contribution is -2.44. The van der Waals surface area contributed by atoms with Crippen LogP contribution >= 0.6 is 0 Å². The van der Waals surface area contributed by atoms with Crippen LogP contribution in [0, 0.1) is 17.8 Å². The molecule has 3 atom stereocenters. The zero-order chi connectivity index (χ0) is 25.7. The summed E-state index contributed by atoms with van der Waals surface area (Å²) >= 11 is 0. The predicted octanol–water partition coefficient (Wildman–Crippen LogP) is 3.85. The van der Waals surface area contributed by atoms with Gasteiger partial charge in [0.1, 0.15) is 11.7 Å². The third-order valence-electron chi connectivity index (χ3n) is 7.12. The third-order valence-corrected chi connectivity index (χ3v) is 7.12. The number of carbonyl (C=O) groups excluding carboxylic acids is 3. The van der Waals surface area contributed by atoms with Crippen LogP contribution in [-0.4, -0.2) is 91.8 Å². The largest absolute Gasteiger partial charge is 0.465 e. The number of cyclic esters (lactones) is 1. The minimum atomic E-state index is -0.651. The molecule has 0 aromatic carbocycles. The number of ketones is 1. The lowest BCUT2D eigenvalue weighted by atomic mass is 9.84. The van der Waals surface area contributed by atoms with Gasteiger partial charge in [0.15, 0.2) is 0 Å². The highest BCUT2D eigenvalue weighted by atomic mass is 16.5. The number of nitrogens with zero attached hydrogens (tertiary/aromatic N) is 3. The number of esters is 1. The van der Waals surface area contributed by atoms with Gasteiger partial charge in [-0.1, -0.05) is 27.2 Å². The van der Waals surface area contributed by atoms with Crippen LogP contribution < -0.4 is 0 Å². The number of Topliss-reactive ketones (excluding diaryl/α,β-unsaturated/α-hetero) is 1. The monoisotopic (exact) mass is 481 g/mol. The molecule has 0 aromatic rings. The smallest absolute Gasteiger partial charge is 0.316 e. The number of amides is 1. The molecule has 0 aromatic heterocycles. The highest BCUT2D eigenvalue weighted by Gasteiger charge is 2.31. The van der Waals surface area contributed by atoms with Crippen LogP contribution in [0.1, 0.15) is 79.6 Å². The average Bonchev–Trinajstić information content (AvgIpc) is 2.77. The first-order chi connectivity index (χ1) is 16.1. The number of hydrogen-bond acceptors (Lipinski definition) is 6. The van der Waals surface area contributed by atoms with Crippen molar-refractivity contribution in [3.05, 3.63) is 0 Å². The number of likely N-dealkylation sites (N-methyl/N-ethyl adjacent to an activating group) is 2. The molecule has 0 N–H and O–H groups in total. The van der Waals surface area contributed by atoms with Gasteiger partial charge in [-0.25, -0.2) is 0 Å². The van der Waals surface area contributed by atoms with E-state index in [1.165, 1.54) is 0 Å². The molecular formula is C27H51N3O4. The Balaban J connectivity index is 2.86. The van der Waals surface area contributed by atoms with Gasteiger partial charge in [-0.05, 0) is 78.9 Å². The van der Waals surface area contributed by atoms with Crippen LogP contribution in [0.25, 0.3) is 0 Å². The lowest BCUT2D eigenvalue weighted by molar-refractivity contribution is -0.153. The maximum absolute atomic E-state index is 13.0. The minimum Gasteiger partial charge on any atom is -0.465 e. The molecule has 0 spiro atoms. The SMILES string of the molecule is CCCC1C(=O)OCCCCN(C(=O)CN(C)C(C)C)CCN(C)CCC[C@@H](C)C[C@@H](C)C1=O. The molecule has 7 heteroatoms. The van der Waals surface area contributed by atoms with Crippen molar-refractivity contribution in [3.63, 3.8) is 0 Å². The zero-order valence-electron chi connectivity index (χ0n) is 23.0. The molecule has 0 aliphatic carbocycles. The Morgan fingerprint density at radius 1 is 1.09 bits per heavy atom. The van der Waals surface area contributed by atoms with E-state index < -0.39 is 5.92 Å². The van der Waals surface area contributed by atoms with Crippen molar-refractivity contribution in [1.82, 2.24) is 14.7 Å². The van der Waals surface area contributed by atoms with E-state index in [0.717, 1.165) is 45.2 Å². The van der Waals surface area contributed by atoms with Gasteiger partial charge in [0.05, 0.1) is 13.2 Å². The summed E-state index contributed by atoms with van der Waals surface area (Å²) in [7, 11) is 4.10. The summed E-state index contributed by atoms with van der Waals surface area (Å²) in [4.78, 5) is 45.0. The molecule has 1 aliphatic rings. The summed E-state index contributed by atoms with van der Waals surface area (Å²) in [6.07, 6.45) is 5.70. The molecule has 1 fully saturated rings. The third kappa shape index (κ3) is 11.3. The first-order valence-electron chi connectivity index (χ1n) is 13.4. The Bertz CT molecular complexity index is 625. The topological polar surface area (TPSA) is 70.2 Å². The molecule has 1 aliphatic heterocycles. The summed E-state index contributed by atoms with van der Waals surface area (Å²) in [5.74, 6) is -0.550. The van der Waals surface area contributed by atoms with Crippen molar-refractivity contribution in [2.24, 2.45) is 17.8 Å². The molecule has 0 bridgehead atoms. The van der Waals surface area contributed by atoms with Crippen LogP contribution in [0.4, 0.5) is 0 Å². The second kappa shape index (κ2) is 16.2. The number of ether oxygens (including phenoxy) is 1. The van der Waals surface area contributed by atoms with Gasteiger partial charge in [-0.2, -0.15) is 0 Å². The van der Waals surface area contributed by atoms with Gasteiger partial charge in [-0.3, -0.25) is 19.3 Å². The van der Waals surface area contributed by atoms with E-state index in [4.69, 9.17) is 4.74 Å². The maximum Gasteiger partial charge on any atom is 0.316 e. The average molecular weight is 482 g/mol. The van der Waals surface area contributed by atoms with E-state index in [9.17, 15) is 14.4 Å². The first-order valence-corrected chi connectivity index (χ1v) is 13.4. The van der Waals surface area contributed by atoms with Gasteiger partial charge in [0.2, 0.25) is 5.91 Å². The van der Waals surface area contributed by atoms with E-state index in [1.54, 1.807) is 0 Å². The Hall–Kier alpha value is -1.47. The van der Waals surface area contributed by atoms with E-state index in [0.29, 0.717) is 51.0 Å². The molecule has 198 valence electrons. The van der Waals surface area contributed by atoms with Crippen LogP contribution in [0.2, 0.25) is 0 Å². The molecule has 34 heavy (non-hydrogen) atoms. The highest BCUT2D eigenvalue weighted by molar-refractivity contribution is 6.00. The molecule has 7 nitrogen and oxygen atoms in total. The van der Waals surface area contributed by atoms with E-state index in [1.807, 2.05) is 25.8 Å². The van der Waals surface area contributed by atoms with Crippen molar-refractivity contribution in [1.29, 1.82) is 0 Å². The minimum absolute atomic E-state index is 0.0305. The summed E-state index contributed by atoms with van der Waals surface area (Å²) in [6, 6.07) is 0.315. The quantitative estimate of drug-likeness (QED) is 0.439. The van der Waals surface area contributed by atoms with E-state index in [-0.39, 0.29) is 23.6 Å². The van der Waals surface area contributed by atoms with Crippen LogP contribution in [0.15, 0.2) is 0 Å². The van der Waals surface area contributed by atoms with Gasteiger partial charge in [0.25, 0.3) is 0 Å². The molecule has 1 rings (SSSR count). The van der Waals surface area contributed by atoms with Gasteiger partial charge in [-0.15, -0.1) is 0 Å². The van der Waals surface area contributed by atoms with Crippen LogP contribution in [0.5, 0.6) is 0 Å². The standard InChI is InChI=1S/C27H51N3O4/c1-8-12-24-26(32)23(5)19-22(4)13-11-14-28(6)16-17-30(15-9-10-18-34-27(24)33)25(31)20-29(7)21(2)3/h21-24H,8-20H2,1-7H3/t22-,23-,24?/m1/s1.